The highest BCUT2D eigenvalue weighted by Gasteiger charge is 2.22. The molecule has 3 aromatic carbocycles. The van der Waals surface area contributed by atoms with Crippen molar-refractivity contribution in [3.63, 3.8) is 0 Å². The first-order valence-electron chi connectivity index (χ1n) is 10.2. The van der Waals surface area contributed by atoms with E-state index in [1.165, 1.54) is 19.2 Å². The monoisotopic (exact) mass is 532 g/mol. The maximum absolute atomic E-state index is 13.1. The molecule has 33 heavy (non-hydrogen) atoms. The molecule has 0 heterocycles. The Bertz CT molecular complexity index is 1240. The number of benzene rings is 3. The fourth-order valence-corrected chi connectivity index (χ4v) is 4.75. The smallest absolute Gasteiger partial charge is 0.265 e. The molecule has 0 spiro atoms. The van der Waals surface area contributed by atoms with Crippen LogP contribution in [0.5, 0.6) is 11.5 Å². The van der Waals surface area contributed by atoms with Gasteiger partial charge in [0, 0.05) is 15.7 Å². The number of halogens is 1. The lowest BCUT2D eigenvalue weighted by Crippen LogP contribution is -2.16. The van der Waals surface area contributed by atoms with Crippen molar-refractivity contribution < 1.29 is 22.7 Å². The summed E-state index contributed by atoms with van der Waals surface area (Å²) < 4.78 is 40.2. The maximum Gasteiger partial charge on any atom is 0.265 e. The molecule has 3 aromatic rings. The highest BCUT2D eigenvalue weighted by Crippen LogP contribution is 2.31. The molecule has 3 rings (SSSR count). The van der Waals surface area contributed by atoms with Crippen LogP contribution in [-0.2, 0) is 10.0 Å². The highest BCUT2D eigenvalue weighted by atomic mass is 79.9. The molecule has 0 aliphatic heterocycles. The van der Waals surface area contributed by atoms with E-state index >= 15 is 0 Å². The van der Waals surface area contributed by atoms with E-state index in [0.717, 1.165) is 12.0 Å². The van der Waals surface area contributed by atoms with Gasteiger partial charge in [-0.3, -0.25) is 9.52 Å². The molecule has 0 aliphatic carbocycles. The van der Waals surface area contributed by atoms with Crippen LogP contribution in [0.4, 0.5) is 11.4 Å². The van der Waals surface area contributed by atoms with Crippen LogP contribution in [-0.4, -0.2) is 28.0 Å². The Morgan fingerprint density at radius 3 is 2.42 bits per heavy atom. The topological polar surface area (TPSA) is 93.7 Å². The van der Waals surface area contributed by atoms with Gasteiger partial charge in [-0.1, -0.05) is 13.0 Å². The molecule has 174 valence electrons. The average molecular weight is 533 g/mol. The number of nitrogens with one attached hydrogen (secondary N) is 2. The van der Waals surface area contributed by atoms with E-state index in [1.807, 2.05) is 19.9 Å². The third kappa shape index (κ3) is 6.27. The molecule has 7 nitrogen and oxygen atoms in total. The SMILES string of the molecule is CCCOc1ccc(C(=O)Nc2ccc(OC)c(S(=O)(=O)Nc3cc(C)ccc3Br)c2)cc1. The molecule has 0 unspecified atom stereocenters. The summed E-state index contributed by atoms with van der Waals surface area (Å²) in [5.41, 5.74) is 2.03. The molecule has 1 amide bonds. The van der Waals surface area contributed by atoms with Gasteiger partial charge in [-0.25, -0.2) is 8.42 Å². The zero-order valence-corrected chi connectivity index (χ0v) is 20.9. The molecule has 0 saturated carbocycles. The average Bonchev–Trinajstić information content (AvgIpc) is 2.80. The van der Waals surface area contributed by atoms with Crippen molar-refractivity contribution in [2.45, 2.75) is 25.2 Å². The van der Waals surface area contributed by atoms with Gasteiger partial charge in [-0.2, -0.15) is 0 Å². The van der Waals surface area contributed by atoms with E-state index in [-0.39, 0.29) is 16.6 Å². The van der Waals surface area contributed by atoms with Gasteiger partial charge in [0.1, 0.15) is 16.4 Å². The van der Waals surface area contributed by atoms with Crippen molar-refractivity contribution in [3.8, 4) is 11.5 Å². The lowest BCUT2D eigenvalue weighted by molar-refractivity contribution is 0.102. The number of hydrogen-bond donors (Lipinski definition) is 2. The first-order chi connectivity index (χ1) is 15.7. The Morgan fingerprint density at radius 1 is 1.03 bits per heavy atom. The number of ether oxygens (including phenoxy) is 2. The van der Waals surface area contributed by atoms with Crippen LogP contribution >= 0.6 is 15.9 Å². The number of rotatable bonds is 9. The summed E-state index contributed by atoms with van der Waals surface area (Å²) in [6.45, 7) is 4.48. The molecule has 0 aliphatic rings. The minimum Gasteiger partial charge on any atom is -0.495 e. The Labute approximate surface area is 202 Å². The maximum atomic E-state index is 13.1. The molecule has 0 atom stereocenters. The Kier molecular flexibility index (Phi) is 7.99. The van der Waals surface area contributed by atoms with Gasteiger partial charge >= 0.3 is 0 Å². The van der Waals surface area contributed by atoms with E-state index < -0.39 is 10.0 Å². The molecular weight excluding hydrogens is 508 g/mol. The minimum atomic E-state index is -4.01. The van der Waals surface area contributed by atoms with Gasteiger partial charge in [-0.05, 0) is 89.4 Å². The first kappa shape index (κ1) is 24.6. The van der Waals surface area contributed by atoms with E-state index in [0.29, 0.717) is 33.8 Å². The lowest BCUT2D eigenvalue weighted by atomic mass is 10.2. The number of amides is 1. The van der Waals surface area contributed by atoms with Gasteiger partial charge < -0.3 is 14.8 Å². The van der Waals surface area contributed by atoms with Crippen LogP contribution in [0.15, 0.2) is 70.0 Å². The number of carbonyl (C=O) groups is 1. The zero-order valence-electron chi connectivity index (χ0n) is 18.5. The van der Waals surface area contributed by atoms with Gasteiger partial charge in [0.2, 0.25) is 0 Å². The predicted octanol–water partition coefficient (Wildman–Crippen LogP) is 5.61. The molecule has 9 heteroatoms. The fraction of sp³-hybridized carbons (Fsp3) is 0.208. The summed E-state index contributed by atoms with van der Waals surface area (Å²) in [7, 11) is -2.62. The molecule has 2 N–H and O–H groups in total. The van der Waals surface area contributed by atoms with E-state index in [2.05, 4.69) is 26.0 Å². The van der Waals surface area contributed by atoms with Crippen molar-refractivity contribution in [1.82, 2.24) is 0 Å². The van der Waals surface area contributed by atoms with Gasteiger partial charge in [0.05, 0.1) is 19.4 Å². The number of carbonyl (C=O) groups excluding carboxylic acids is 1. The highest BCUT2D eigenvalue weighted by molar-refractivity contribution is 9.10. The summed E-state index contributed by atoms with van der Waals surface area (Å²) in [6.07, 6.45) is 0.890. The van der Waals surface area contributed by atoms with E-state index in [4.69, 9.17) is 9.47 Å². The molecule has 0 bridgehead atoms. The van der Waals surface area contributed by atoms with Crippen LogP contribution in [0.3, 0.4) is 0 Å². The number of anilines is 2. The Morgan fingerprint density at radius 2 is 1.76 bits per heavy atom. The van der Waals surface area contributed by atoms with Crippen molar-refractivity contribution in [2.24, 2.45) is 0 Å². The van der Waals surface area contributed by atoms with E-state index in [1.54, 1.807) is 42.5 Å². The Balaban J connectivity index is 1.84. The van der Waals surface area contributed by atoms with Crippen molar-refractivity contribution >= 4 is 43.2 Å². The number of hydrogen-bond acceptors (Lipinski definition) is 5. The fourth-order valence-electron chi connectivity index (χ4n) is 3.01. The van der Waals surface area contributed by atoms with Crippen LogP contribution in [0, 0.1) is 6.92 Å². The van der Waals surface area contributed by atoms with Crippen LogP contribution < -0.4 is 19.5 Å². The molecular formula is C24H25BrN2O5S. The minimum absolute atomic E-state index is 0.0977. The van der Waals surface area contributed by atoms with Gasteiger partial charge in [0.25, 0.3) is 15.9 Å². The number of methoxy groups -OCH3 is 1. The van der Waals surface area contributed by atoms with Crippen molar-refractivity contribution in [3.05, 3.63) is 76.3 Å². The molecule has 0 radical (unpaired) electrons. The number of aryl methyl sites for hydroxylation is 1. The second-order valence-electron chi connectivity index (χ2n) is 7.28. The van der Waals surface area contributed by atoms with Crippen LogP contribution in [0.2, 0.25) is 0 Å². The lowest BCUT2D eigenvalue weighted by Gasteiger charge is -2.15. The quantitative estimate of drug-likeness (QED) is 0.373. The molecule has 0 aromatic heterocycles. The molecule has 0 fully saturated rings. The normalized spacial score (nSPS) is 11.0. The summed E-state index contributed by atoms with van der Waals surface area (Å²) in [6, 6.07) is 16.5. The largest absolute Gasteiger partial charge is 0.495 e. The third-order valence-corrected chi connectivity index (χ3v) is 6.74. The zero-order chi connectivity index (χ0) is 24.0. The van der Waals surface area contributed by atoms with Crippen LogP contribution in [0.1, 0.15) is 29.3 Å². The second-order valence-corrected chi connectivity index (χ2v) is 9.79. The second kappa shape index (κ2) is 10.7. The third-order valence-electron chi connectivity index (χ3n) is 4.67. The summed E-state index contributed by atoms with van der Waals surface area (Å²) >= 11 is 3.36. The predicted molar refractivity (Wildman–Crippen MR) is 133 cm³/mol. The number of sulfonamides is 1. The van der Waals surface area contributed by atoms with E-state index in [9.17, 15) is 13.2 Å². The summed E-state index contributed by atoms with van der Waals surface area (Å²) in [5, 5.41) is 2.73. The standard InChI is InChI=1S/C24H25BrN2O5S/c1-4-13-32-19-9-6-17(7-10-19)24(28)26-18-8-12-22(31-3)23(15-18)33(29,30)27-21-14-16(2)5-11-20(21)25/h5-12,14-15,27H,4,13H2,1-3H3,(H,26,28). The van der Waals surface area contributed by atoms with Gasteiger partial charge in [0.15, 0.2) is 0 Å². The first-order valence-corrected chi connectivity index (χ1v) is 12.5. The van der Waals surface area contributed by atoms with Crippen LogP contribution in [0.25, 0.3) is 0 Å². The summed E-state index contributed by atoms with van der Waals surface area (Å²) in [4.78, 5) is 12.6. The van der Waals surface area contributed by atoms with Gasteiger partial charge in [-0.15, -0.1) is 0 Å². The van der Waals surface area contributed by atoms with Crippen molar-refractivity contribution in [1.29, 1.82) is 0 Å². The molecule has 0 saturated heterocycles. The van der Waals surface area contributed by atoms with Crippen molar-refractivity contribution in [2.75, 3.05) is 23.8 Å². The summed E-state index contributed by atoms with van der Waals surface area (Å²) in [5.74, 6) is 0.459. The Hall–Kier alpha value is -3.04.